The molecule has 2 atom stereocenters. The van der Waals surface area contributed by atoms with Crippen molar-refractivity contribution in [3.63, 3.8) is 0 Å². The van der Waals surface area contributed by atoms with Crippen LogP contribution in [0, 0.1) is 0 Å². The summed E-state index contributed by atoms with van der Waals surface area (Å²) < 4.78 is 5.18. The first kappa shape index (κ1) is 13.8. The fourth-order valence-corrected chi connectivity index (χ4v) is 1.94. The van der Waals surface area contributed by atoms with E-state index < -0.39 is 12.3 Å². The Labute approximate surface area is 112 Å². The van der Waals surface area contributed by atoms with Crippen molar-refractivity contribution in [2.75, 3.05) is 0 Å². The predicted molar refractivity (Wildman–Crippen MR) is 70.1 cm³/mol. The maximum absolute atomic E-state index is 11.5. The summed E-state index contributed by atoms with van der Waals surface area (Å²) in [4.78, 5) is 21.5. The van der Waals surface area contributed by atoms with Crippen LogP contribution < -0.4 is 0 Å². The lowest BCUT2D eigenvalue weighted by Gasteiger charge is -2.43. The molecule has 1 aromatic rings. The molecule has 1 aliphatic rings. The van der Waals surface area contributed by atoms with E-state index >= 15 is 0 Å². The highest BCUT2D eigenvalue weighted by atomic mass is 17.3. The van der Waals surface area contributed by atoms with Gasteiger partial charge < -0.3 is 4.74 Å². The molecule has 0 spiro atoms. The van der Waals surface area contributed by atoms with Crippen LogP contribution >= 0.6 is 0 Å². The van der Waals surface area contributed by atoms with E-state index in [2.05, 4.69) is 6.58 Å². The Morgan fingerprint density at radius 1 is 1.26 bits per heavy atom. The van der Waals surface area contributed by atoms with E-state index in [-0.39, 0.29) is 11.5 Å². The van der Waals surface area contributed by atoms with Gasteiger partial charge in [0.15, 0.2) is 6.10 Å². The van der Waals surface area contributed by atoms with E-state index in [1.807, 2.05) is 44.2 Å². The van der Waals surface area contributed by atoms with Crippen LogP contribution in [0.25, 0.3) is 0 Å². The van der Waals surface area contributed by atoms with Gasteiger partial charge in [-0.2, -0.15) is 4.89 Å². The van der Waals surface area contributed by atoms with Gasteiger partial charge in [0.05, 0.1) is 0 Å². The molecule has 1 aromatic carbocycles. The molecule has 102 valence electrons. The number of carbonyl (C=O) groups is 1. The average Bonchev–Trinajstić information content (AvgIpc) is 2.34. The summed E-state index contributed by atoms with van der Waals surface area (Å²) in [7, 11) is 0. The SMILES string of the molecule is C=C(C)C(=O)OC1OOC1C(C)(C)c1ccccc1. The molecule has 0 aliphatic carbocycles. The molecular weight excluding hydrogens is 244 g/mol. The molecule has 1 fully saturated rings. The maximum atomic E-state index is 11.5. The molecule has 1 saturated heterocycles. The largest absolute Gasteiger partial charge is 0.426 e. The Hall–Kier alpha value is -1.65. The summed E-state index contributed by atoms with van der Waals surface area (Å²) in [5, 5.41) is 0. The normalized spacial score (nSPS) is 22.5. The van der Waals surface area contributed by atoms with Gasteiger partial charge in [-0.25, -0.2) is 9.68 Å². The van der Waals surface area contributed by atoms with E-state index in [1.165, 1.54) is 0 Å². The third-order valence-electron chi connectivity index (χ3n) is 3.30. The van der Waals surface area contributed by atoms with Crippen molar-refractivity contribution in [2.24, 2.45) is 0 Å². The quantitative estimate of drug-likeness (QED) is 0.475. The van der Waals surface area contributed by atoms with Gasteiger partial charge in [-0.05, 0) is 12.5 Å². The molecule has 0 aromatic heterocycles. The molecule has 4 nitrogen and oxygen atoms in total. The number of benzene rings is 1. The van der Waals surface area contributed by atoms with Gasteiger partial charge in [-0.1, -0.05) is 50.8 Å². The van der Waals surface area contributed by atoms with Gasteiger partial charge in [0.2, 0.25) is 0 Å². The summed E-state index contributed by atoms with van der Waals surface area (Å²) >= 11 is 0. The highest BCUT2D eigenvalue weighted by Crippen LogP contribution is 2.37. The number of carbonyl (C=O) groups excluding carboxylic acids is 1. The lowest BCUT2D eigenvalue weighted by atomic mass is 9.78. The monoisotopic (exact) mass is 262 g/mol. The third-order valence-corrected chi connectivity index (χ3v) is 3.30. The second-order valence-corrected chi connectivity index (χ2v) is 5.25. The number of esters is 1. The second kappa shape index (κ2) is 5.15. The van der Waals surface area contributed by atoms with E-state index in [0.717, 1.165) is 5.56 Å². The van der Waals surface area contributed by atoms with Crippen molar-refractivity contribution in [1.82, 2.24) is 0 Å². The van der Waals surface area contributed by atoms with Crippen molar-refractivity contribution in [3.05, 3.63) is 48.0 Å². The summed E-state index contributed by atoms with van der Waals surface area (Å²) in [5.41, 5.74) is 1.12. The topological polar surface area (TPSA) is 44.8 Å². The zero-order valence-corrected chi connectivity index (χ0v) is 11.4. The maximum Gasteiger partial charge on any atom is 0.335 e. The van der Waals surface area contributed by atoms with Crippen LogP contribution in [0.5, 0.6) is 0 Å². The van der Waals surface area contributed by atoms with Crippen LogP contribution in [-0.4, -0.2) is 18.4 Å². The Balaban J connectivity index is 2.10. The third kappa shape index (κ3) is 2.69. The van der Waals surface area contributed by atoms with Crippen LogP contribution in [-0.2, 0) is 24.7 Å². The summed E-state index contributed by atoms with van der Waals surface area (Å²) in [5.74, 6) is -0.470. The summed E-state index contributed by atoms with van der Waals surface area (Å²) in [6.07, 6.45) is -1.03. The first-order valence-electron chi connectivity index (χ1n) is 6.17. The number of ether oxygens (including phenoxy) is 1. The summed E-state index contributed by atoms with van der Waals surface area (Å²) in [6.45, 7) is 9.19. The van der Waals surface area contributed by atoms with Gasteiger partial charge in [-0.15, -0.1) is 0 Å². The lowest BCUT2D eigenvalue weighted by Crippen LogP contribution is -2.55. The Bertz CT molecular complexity index is 478. The average molecular weight is 262 g/mol. The standard InChI is InChI=1S/C15H18O4/c1-10(2)13(16)17-14-12(18-19-14)15(3,4)11-8-6-5-7-9-11/h5-9,12,14H,1H2,2-4H3. The first-order chi connectivity index (χ1) is 8.93. The van der Waals surface area contributed by atoms with Crippen LogP contribution in [0.15, 0.2) is 42.5 Å². The van der Waals surface area contributed by atoms with Crippen LogP contribution in [0.2, 0.25) is 0 Å². The minimum Gasteiger partial charge on any atom is -0.426 e. The van der Waals surface area contributed by atoms with Crippen molar-refractivity contribution in [1.29, 1.82) is 0 Å². The minimum absolute atomic E-state index is 0.320. The lowest BCUT2D eigenvalue weighted by molar-refractivity contribution is -0.520. The highest BCUT2D eigenvalue weighted by Gasteiger charge is 2.49. The minimum atomic E-state index is -0.695. The molecule has 2 unspecified atom stereocenters. The van der Waals surface area contributed by atoms with Crippen LogP contribution in [0.4, 0.5) is 0 Å². The molecule has 2 rings (SSSR count). The molecule has 0 bridgehead atoms. The fraction of sp³-hybridized carbons (Fsp3) is 0.400. The fourth-order valence-electron chi connectivity index (χ4n) is 1.94. The van der Waals surface area contributed by atoms with E-state index in [4.69, 9.17) is 14.5 Å². The van der Waals surface area contributed by atoms with Gasteiger partial charge in [0.1, 0.15) is 0 Å². The molecule has 0 N–H and O–H groups in total. The van der Waals surface area contributed by atoms with Crippen LogP contribution in [0.3, 0.4) is 0 Å². The zero-order valence-electron chi connectivity index (χ0n) is 11.4. The predicted octanol–water partition coefficient (Wildman–Crippen LogP) is 2.74. The number of hydrogen-bond acceptors (Lipinski definition) is 4. The molecule has 4 heteroatoms. The zero-order chi connectivity index (χ0) is 14.0. The van der Waals surface area contributed by atoms with Crippen molar-refractivity contribution >= 4 is 5.97 Å². The van der Waals surface area contributed by atoms with Crippen molar-refractivity contribution < 1.29 is 19.3 Å². The molecular formula is C15H18O4. The number of hydrogen-bond donors (Lipinski definition) is 0. The van der Waals surface area contributed by atoms with Crippen molar-refractivity contribution in [3.8, 4) is 0 Å². The van der Waals surface area contributed by atoms with E-state index in [0.29, 0.717) is 5.57 Å². The highest BCUT2D eigenvalue weighted by molar-refractivity contribution is 5.87. The molecule has 0 amide bonds. The van der Waals surface area contributed by atoms with Gasteiger partial charge in [0.25, 0.3) is 6.29 Å². The second-order valence-electron chi connectivity index (χ2n) is 5.25. The molecule has 19 heavy (non-hydrogen) atoms. The van der Waals surface area contributed by atoms with E-state index in [1.54, 1.807) is 6.92 Å². The number of rotatable bonds is 4. The first-order valence-corrected chi connectivity index (χ1v) is 6.17. The Kier molecular flexibility index (Phi) is 3.73. The van der Waals surface area contributed by atoms with Crippen molar-refractivity contribution in [2.45, 2.75) is 38.6 Å². The molecule has 1 aliphatic heterocycles. The smallest absolute Gasteiger partial charge is 0.335 e. The van der Waals surface area contributed by atoms with Crippen LogP contribution in [0.1, 0.15) is 26.3 Å². The molecule has 0 saturated carbocycles. The Morgan fingerprint density at radius 3 is 2.37 bits per heavy atom. The van der Waals surface area contributed by atoms with E-state index in [9.17, 15) is 4.79 Å². The van der Waals surface area contributed by atoms with Gasteiger partial charge in [0, 0.05) is 11.0 Å². The molecule has 1 heterocycles. The molecule has 0 radical (unpaired) electrons. The van der Waals surface area contributed by atoms with Gasteiger partial charge in [-0.3, -0.25) is 0 Å². The van der Waals surface area contributed by atoms with Gasteiger partial charge >= 0.3 is 5.97 Å². The summed E-state index contributed by atoms with van der Waals surface area (Å²) in [6, 6.07) is 9.91. The Morgan fingerprint density at radius 2 is 1.89 bits per heavy atom.